The molecule has 1 fully saturated rings. The van der Waals surface area contributed by atoms with Gasteiger partial charge in [0.15, 0.2) is 11.6 Å². The van der Waals surface area contributed by atoms with E-state index in [-0.39, 0.29) is 29.5 Å². The number of aliphatic carboxylic acids is 1. The Hall–Kier alpha value is -2.91. The molecule has 0 bridgehead atoms. The first-order chi connectivity index (χ1) is 14.9. The highest BCUT2D eigenvalue weighted by Gasteiger charge is 2.34. The van der Waals surface area contributed by atoms with Crippen LogP contribution in [0.15, 0.2) is 30.6 Å². The van der Waals surface area contributed by atoms with Gasteiger partial charge in [-0.05, 0) is 42.4 Å². The lowest BCUT2D eigenvalue weighted by Crippen LogP contribution is -2.34. The number of rotatable bonds is 6. The molecule has 2 atom stereocenters. The minimum Gasteiger partial charge on any atom is -0.480 e. The van der Waals surface area contributed by atoms with Crippen molar-refractivity contribution in [1.29, 1.82) is 0 Å². The van der Waals surface area contributed by atoms with Crippen LogP contribution in [0.2, 0.25) is 0 Å². The minimum atomic E-state index is -4.43. The van der Waals surface area contributed by atoms with Gasteiger partial charge in [-0.1, -0.05) is 32.9 Å². The first kappa shape index (κ1) is 23.7. The molecule has 0 saturated carbocycles. The highest BCUT2D eigenvalue weighted by atomic mass is 19.4. The molecule has 174 valence electrons. The van der Waals surface area contributed by atoms with Crippen molar-refractivity contribution in [3.8, 4) is 0 Å². The summed E-state index contributed by atoms with van der Waals surface area (Å²) in [5, 5.41) is 12.2. The second-order valence-corrected chi connectivity index (χ2v) is 9.13. The van der Waals surface area contributed by atoms with Crippen molar-refractivity contribution >= 4 is 17.6 Å². The maximum atomic E-state index is 15.3. The van der Waals surface area contributed by atoms with E-state index >= 15 is 4.39 Å². The summed E-state index contributed by atoms with van der Waals surface area (Å²) in [6, 6.07) is 3.43. The summed E-state index contributed by atoms with van der Waals surface area (Å²) >= 11 is 0. The molecule has 0 amide bonds. The Balaban J connectivity index is 1.87. The zero-order valence-electron chi connectivity index (χ0n) is 18.1. The highest BCUT2D eigenvalue weighted by Crippen LogP contribution is 2.38. The zero-order chi connectivity index (χ0) is 23.7. The molecule has 2 aromatic rings. The number of alkyl halides is 3. The molecule has 0 aliphatic carbocycles. The van der Waals surface area contributed by atoms with E-state index in [1.165, 1.54) is 12.1 Å². The van der Waals surface area contributed by atoms with Crippen molar-refractivity contribution in [2.45, 2.75) is 58.3 Å². The number of nitrogens with zero attached hydrogens (tertiary/aromatic N) is 3. The Bertz CT molecular complexity index is 958. The maximum Gasteiger partial charge on any atom is 0.416 e. The van der Waals surface area contributed by atoms with Crippen molar-refractivity contribution in [3.05, 3.63) is 47.5 Å². The molecule has 1 saturated heterocycles. The average molecular weight is 454 g/mol. The zero-order valence-corrected chi connectivity index (χ0v) is 18.1. The molecule has 1 aromatic carbocycles. The first-order valence-corrected chi connectivity index (χ1v) is 10.3. The third kappa shape index (κ3) is 5.46. The molecule has 6 nitrogen and oxygen atoms in total. The lowest BCUT2D eigenvalue weighted by atomic mass is 9.88. The smallest absolute Gasteiger partial charge is 0.416 e. The molecular weight excluding hydrogens is 428 g/mol. The van der Waals surface area contributed by atoms with Gasteiger partial charge in [-0.3, -0.25) is 0 Å². The van der Waals surface area contributed by atoms with Gasteiger partial charge in [-0.2, -0.15) is 17.6 Å². The summed E-state index contributed by atoms with van der Waals surface area (Å²) in [6.45, 7) is 6.10. The number of anilines is 2. The number of aromatic nitrogens is 2. The molecular formula is C22H26F4N4O2. The summed E-state index contributed by atoms with van der Waals surface area (Å²) < 4.78 is 53.9. The number of carboxylic acid groups (broad SMARTS) is 1. The normalized spacial score (nSPS) is 18.0. The van der Waals surface area contributed by atoms with E-state index in [2.05, 4.69) is 15.3 Å². The van der Waals surface area contributed by atoms with E-state index in [4.69, 9.17) is 0 Å². The summed E-state index contributed by atoms with van der Waals surface area (Å²) in [7, 11) is 0. The first-order valence-electron chi connectivity index (χ1n) is 10.3. The fraction of sp³-hybridized carbons (Fsp3) is 0.500. The van der Waals surface area contributed by atoms with Gasteiger partial charge in [0, 0.05) is 6.54 Å². The molecule has 3 rings (SSSR count). The van der Waals surface area contributed by atoms with Crippen molar-refractivity contribution in [1.82, 2.24) is 9.97 Å². The predicted octanol–water partition coefficient (Wildman–Crippen LogP) is 5.28. The van der Waals surface area contributed by atoms with Crippen LogP contribution >= 0.6 is 0 Å². The Morgan fingerprint density at radius 1 is 1.22 bits per heavy atom. The maximum absolute atomic E-state index is 15.3. The van der Waals surface area contributed by atoms with Gasteiger partial charge in [-0.15, -0.1) is 0 Å². The van der Waals surface area contributed by atoms with Crippen molar-refractivity contribution in [2.75, 3.05) is 16.8 Å². The molecule has 2 N–H and O–H groups in total. The molecule has 0 radical (unpaired) electrons. The SMILES string of the molecule is CC(C)(C)CC(Nc1ncnc(N2CCCC2c2ccc(C(F)(F)F)cc2)c1F)C(=O)O. The number of nitrogens with one attached hydrogen (secondary N) is 1. The van der Waals surface area contributed by atoms with Crippen LogP contribution in [0, 0.1) is 11.2 Å². The van der Waals surface area contributed by atoms with E-state index in [1.807, 2.05) is 20.8 Å². The van der Waals surface area contributed by atoms with Gasteiger partial charge in [0.2, 0.25) is 5.82 Å². The molecule has 0 spiro atoms. The number of benzene rings is 1. The highest BCUT2D eigenvalue weighted by molar-refractivity contribution is 5.77. The third-order valence-electron chi connectivity index (χ3n) is 5.34. The molecule has 32 heavy (non-hydrogen) atoms. The Kier molecular flexibility index (Phi) is 6.61. The van der Waals surface area contributed by atoms with Gasteiger partial charge in [0.1, 0.15) is 12.4 Å². The van der Waals surface area contributed by atoms with Gasteiger partial charge < -0.3 is 15.3 Å². The molecule has 1 aliphatic rings. The standard InChI is InChI=1S/C22H26F4N4O2/c1-21(2,3)11-15(20(31)32)29-18-17(23)19(28-12-27-18)30-10-4-5-16(30)13-6-8-14(9-7-13)22(24,25)26/h6-9,12,15-16H,4-5,10-11H2,1-3H3,(H,31,32)(H,27,28,29). The fourth-order valence-electron chi connectivity index (χ4n) is 3.90. The van der Waals surface area contributed by atoms with Crippen molar-refractivity contribution in [3.63, 3.8) is 0 Å². The van der Waals surface area contributed by atoms with Gasteiger partial charge >= 0.3 is 12.1 Å². The van der Waals surface area contributed by atoms with Crippen LogP contribution in [0.4, 0.5) is 29.2 Å². The predicted molar refractivity (Wildman–Crippen MR) is 112 cm³/mol. The van der Waals surface area contributed by atoms with Gasteiger partial charge in [0.05, 0.1) is 11.6 Å². The summed E-state index contributed by atoms with van der Waals surface area (Å²) in [5.41, 5.74) is -0.436. The molecule has 1 aromatic heterocycles. The van der Waals surface area contributed by atoms with Crippen LogP contribution in [-0.2, 0) is 11.0 Å². The Morgan fingerprint density at radius 2 is 1.88 bits per heavy atom. The summed E-state index contributed by atoms with van der Waals surface area (Å²) in [4.78, 5) is 21.3. The van der Waals surface area contributed by atoms with Gasteiger partial charge in [-0.25, -0.2) is 14.8 Å². The monoisotopic (exact) mass is 454 g/mol. The summed E-state index contributed by atoms with van der Waals surface area (Å²) in [6.07, 6.45) is -1.70. The van der Waals surface area contributed by atoms with Gasteiger partial charge in [0.25, 0.3) is 0 Å². The number of halogens is 4. The van der Waals surface area contributed by atoms with Crippen LogP contribution in [-0.4, -0.2) is 33.6 Å². The molecule has 2 heterocycles. The van der Waals surface area contributed by atoms with E-state index in [9.17, 15) is 23.1 Å². The van der Waals surface area contributed by atoms with Crippen LogP contribution in [0.1, 0.15) is 57.2 Å². The number of carboxylic acids is 1. The number of hydrogen-bond acceptors (Lipinski definition) is 5. The largest absolute Gasteiger partial charge is 0.480 e. The number of carbonyl (C=O) groups is 1. The quantitative estimate of drug-likeness (QED) is 0.579. The van der Waals surface area contributed by atoms with E-state index < -0.39 is 29.6 Å². The minimum absolute atomic E-state index is 0.00945. The molecule has 2 unspecified atom stereocenters. The molecule has 10 heteroatoms. The van der Waals surface area contributed by atoms with Crippen molar-refractivity contribution < 1.29 is 27.5 Å². The van der Waals surface area contributed by atoms with Crippen molar-refractivity contribution in [2.24, 2.45) is 5.41 Å². The Labute approximate surface area is 183 Å². The molecule has 1 aliphatic heterocycles. The van der Waals surface area contributed by atoms with Crippen LogP contribution in [0.3, 0.4) is 0 Å². The van der Waals surface area contributed by atoms with Crippen LogP contribution in [0.5, 0.6) is 0 Å². The van der Waals surface area contributed by atoms with Crippen LogP contribution in [0.25, 0.3) is 0 Å². The second kappa shape index (κ2) is 8.91. The lowest BCUT2D eigenvalue weighted by Gasteiger charge is -2.28. The lowest BCUT2D eigenvalue weighted by molar-refractivity contribution is -0.139. The fourth-order valence-corrected chi connectivity index (χ4v) is 3.90. The average Bonchev–Trinajstić information content (AvgIpc) is 3.17. The van der Waals surface area contributed by atoms with E-state index in [1.54, 1.807) is 4.90 Å². The third-order valence-corrected chi connectivity index (χ3v) is 5.34. The topological polar surface area (TPSA) is 78.4 Å². The second-order valence-electron chi connectivity index (χ2n) is 9.13. The van der Waals surface area contributed by atoms with Crippen LogP contribution < -0.4 is 10.2 Å². The van der Waals surface area contributed by atoms with E-state index in [0.717, 1.165) is 18.5 Å². The Morgan fingerprint density at radius 3 is 2.44 bits per heavy atom. The van der Waals surface area contributed by atoms with E-state index in [0.29, 0.717) is 24.9 Å². The number of hydrogen-bond donors (Lipinski definition) is 2. The summed E-state index contributed by atoms with van der Waals surface area (Å²) in [5.74, 6) is -2.13.